The maximum atomic E-state index is 6.42. The summed E-state index contributed by atoms with van der Waals surface area (Å²) in [5.41, 5.74) is 11.8. The molecule has 4 heteroatoms. The van der Waals surface area contributed by atoms with Gasteiger partial charge in [0.2, 0.25) is 0 Å². The van der Waals surface area contributed by atoms with E-state index in [2.05, 4.69) is 80.6 Å². The summed E-state index contributed by atoms with van der Waals surface area (Å²) in [5.74, 6) is 1.87. The molecule has 6 aromatic carbocycles. The van der Waals surface area contributed by atoms with Gasteiger partial charge in [0, 0.05) is 27.5 Å². The van der Waals surface area contributed by atoms with Crippen molar-refractivity contribution in [2.24, 2.45) is 0 Å². The Kier molecular flexibility index (Phi) is 7.39. The van der Waals surface area contributed by atoms with Crippen LogP contribution in [0.5, 0.6) is 0 Å². The molecule has 0 fully saturated rings. The SMILES string of the molecule is CCc1ccccc1-c1cc(-c2ccc3oc4ccccc4c3c2-c2nc(-c3ccccc3)nc(-c3ccccc3)n2)ccc1CC. The molecule has 0 saturated heterocycles. The maximum Gasteiger partial charge on any atom is 0.165 e. The van der Waals surface area contributed by atoms with E-state index < -0.39 is 0 Å². The van der Waals surface area contributed by atoms with Crippen LogP contribution in [0.3, 0.4) is 0 Å². The smallest absolute Gasteiger partial charge is 0.165 e. The summed E-state index contributed by atoms with van der Waals surface area (Å²) in [6, 6.07) is 48.3. The van der Waals surface area contributed by atoms with Crippen molar-refractivity contribution in [2.45, 2.75) is 26.7 Å². The largest absolute Gasteiger partial charge is 0.456 e. The van der Waals surface area contributed by atoms with Crippen molar-refractivity contribution in [3.63, 3.8) is 0 Å². The van der Waals surface area contributed by atoms with Crippen LogP contribution in [0.1, 0.15) is 25.0 Å². The number of hydrogen-bond acceptors (Lipinski definition) is 4. The minimum atomic E-state index is 0.611. The summed E-state index contributed by atoms with van der Waals surface area (Å²) < 4.78 is 6.42. The van der Waals surface area contributed by atoms with Crippen molar-refractivity contribution in [1.29, 1.82) is 0 Å². The summed E-state index contributed by atoms with van der Waals surface area (Å²) >= 11 is 0. The van der Waals surface area contributed by atoms with Crippen molar-refractivity contribution in [1.82, 2.24) is 15.0 Å². The fraction of sp³-hybridized carbons (Fsp3) is 0.0930. The molecule has 0 aliphatic carbocycles. The molecule has 0 saturated carbocycles. The van der Waals surface area contributed by atoms with E-state index in [1.54, 1.807) is 0 Å². The predicted molar refractivity (Wildman–Crippen MR) is 193 cm³/mol. The summed E-state index contributed by atoms with van der Waals surface area (Å²) in [6.07, 6.45) is 1.91. The minimum Gasteiger partial charge on any atom is -0.456 e. The van der Waals surface area contributed by atoms with Crippen molar-refractivity contribution < 1.29 is 4.42 Å². The molecule has 8 aromatic rings. The normalized spacial score (nSPS) is 11.4. The molecule has 226 valence electrons. The summed E-state index contributed by atoms with van der Waals surface area (Å²) in [7, 11) is 0. The van der Waals surface area contributed by atoms with Crippen LogP contribution in [-0.2, 0) is 12.8 Å². The first-order chi connectivity index (χ1) is 23.2. The molecule has 0 atom stereocenters. The molecule has 0 amide bonds. The number of nitrogens with zero attached hydrogens (tertiary/aromatic N) is 3. The van der Waals surface area contributed by atoms with Gasteiger partial charge >= 0.3 is 0 Å². The molecule has 2 heterocycles. The second kappa shape index (κ2) is 12.1. The number of benzene rings is 6. The van der Waals surface area contributed by atoms with Crippen molar-refractivity contribution >= 4 is 21.9 Å². The topological polar surface area (TPSA) is 51.8 Å². The Morgan fingerprint density at radius 1 is 0.447 bits per heavy atom. The van der Waals surface area contributed by atoms with Gasteiger partial charge in [-0.15, -0.1) is 0 Å². The predicted octanol–water partition coefficient (Wildman–Crippen LogP) is 11.2. The highest BCUT2D eigenvalue weighted by Gasteiger charge is 2.22. The van der Waals surface area contributed by atoms with Gasteiger partial charge in [0.15, 0.2) is 17.5 Å². The van der Waals surface area contributed by atoms with Gasteiger partial charge < -0.3 is 4.42 Å². The quantitative estimate of drug-likeness (QED) is 0.181. The Balaban J connectivity index is 1.46. The van der Waals surface area contributed by atoms with Crippen molar-refractivity contribution in [3.05, 3.63) is 151 Å². The Hall–Kier alpha value is -5.87. The molecule has 0 aliphatic rings. The van der Waals surface area contributed by atoms with Crippen molar-refractivity contribution in [2.75, 3.05) is 0 Å². The Labute approximate surface area is 274 Å². The Bertz CT molecular complexity index is 2320. The van der Waals surface area contributed by atoms with Gasteiger partial charge in [0.1, 0.15) is 11.2 Å². The van der Waals surface area contributed by atoms with Crippen molar-refractivity contribution in [3.8, 4) is 56.4 Å². The lowest BCUT2D eigenvalue weighted by molar-refractivity contribution is 0.669. The van der Waals surface area contributed by atoms with Gasteiger partial charge in [-0.3, -0.25) is 0 Å². The van der Waals surface area contributed by atoms with Crippen LogP contribution in [0.4, 0.5) is 0 Å². The highest BCUT2D eigenvalue weighted by molar-refractivity contribution is 6.15. The van der Waals surface area contributed by atoms with E-state index in [4.69, 9.17) is 19.4 Å². The molecule has 2 aromatic heterocycles. The molecule has 0 aliphatic heterocycles. The average molecular weight is 608 g/mol. The number of furan rings is 1. The third-order valence-corrected chi connectivity index (χ3v) is 8.96. The number of para-hydroxylation sites is 1. The third-order valence-electron chi connectivity index (χ3n) is 8.96. The monoisotopic (exact) mass is 607 g/mol. The fourth-order valence-electron chi connectivity index (χ4n) is 6.60. The van der Waals surface area contributed by atoms with Crippen LogP contribution in [-0.4, -0.2) is 15.0 Å². The first-order valence-electron chi connectivity index (χ1n) is 16.2. The first-order valence-corrected chi connectivity index (χ1v) is 16.2. The molecule has 4 nitrogen and oxygen atoms in total. The van der Waals surface area contributed by atoms with Crippen LogP contribution in [0.15, 0.2) is 144 Å². The highest BCUT2D eigenvalue weighted by Crippen LogP contribution is 2.43. The van der Waals surface area contributed by atoms with Gasteiger partial charge in [0.25, 0.3) is 0 Å². The number of hydrogen-bond donors (Lipinski definition) is 0. The molecular weight excluding hydrogens is 574 g/mol. The van der Waals surface area contributed by atoms with Crippen LogP contribution in [0.25, 0.3) is 78.4 Å². The zero-order chi connectivity index (χ0) is 31.7. The molecular formula is C43H33N3O. The third kappa shape index (κ3) is 5.18. The standard InChI is InChI=1S/C43H33N3O/c1-3-28-15-11-12-20-33(28)36-27-32(24-23-29(36)4-2)34-25-26-38-39(35-21-13-14-22-37(35)47-38)40(34)43-45-41(30-16-7-5-8-17-30)44-42(46-43)31-18-9-6-10-19-31/h5-27H,3-4H2,1-2H3. The first kappa shape index (κ1) is 28.6. The molecule has 8 rings (SSSR count). The van der Waals surface area contributed by atoms with E-state index in [-0.39, 0.29) is 0 Å². The van der Waals surface area contributed by atoms with Gasteiger partial charge in [-0.1, -0.05) is 129 Å². The lowest BCUT2D eigenvalue weighted by Crippen LogP contribution is -2.01. The van der Waals surface area contributed by atoms with E-state index >= 15 is 0 Å². The fourth-order valence-corrected chi connectivity index (χ4v) is 6.60. The lowest BCUT2D eigenvalue weighted by Gasteiger charge is -2.17. The van der Waals surface area contributed by atoms with E-state index in [1.807, 2.05) is 72.8 Å². The molecule has 0 N–H and O–H groups in total. The molecule has 0 bridgehead atoms. The minimum absolute atomic E-state index is 0.611. The number of rotatable bonds is 7. The zero-order valence-corrected chi connectivity index (χ0v) is 26.4. The van der Waals surface area contributed by atoms with E-state index in [0.717, 1.165) is 62.6 Å². The lowest BCUT2D eigenvalue weighted by atomic mass is 9.88. The van der Waals surface area contributed by atoms with Crippen LogP contribution in [0.2, 0.25) is 0 Å². The second-order valence-corrected chi connectivity index (χ2v) is 11.7. The summed E-state index contributed by atoms with van der Waals surface area (Å²) in [4.78, 5) is 15.4. The molecule has 0 radical (unpaired) electrons. The van der Waals surface area contributed by atoms with E-state index in [0.29, 0.717) is 17.5 Å². The van der Waals surface area contributed by atoms with E-state index in [9.17, 15) is 0 Å². The zero-order valence-electron chi connectivity index (χ0n) is 26.4. The summed E-state index contributed by atoms with van der Waals surface area (Å²) in [5, 5.41) is 2.03. The Morgan fingerprint density at radius 2 is 1.04 bits per heavy atom. The number of fused-ring (bicyclic) bond motifs is 3. The van der Waals surface area contributed by atoms with Crippen LogP contribution in [0, 0.1) is 0 Å². The van der Waals surface area contributed by atoms with E-state index in [1.165, 1.54) is 22.3 Å². The van der Waals surface area contributed by atoms with Crippen LogP contribution >= 0.6 is 0 Å². The summed E-state index contributed by atoms with van der Waals surface area (Å²) in [6.45, 7) is 4.45. The highest BCUT2D eigenvalue weighted by atomic mass is 16.3. The van der Waals surface area contributed by atoms with Gasteiger partial charge in [-0.25, -0.2) is 15.0 Å². The number of aryl methyl sites for hydroxylation is 2. The molecule has 47 heavy (non-hydrogen) atoms. The Morgan fingerprint density at radius 3 is 1.74 bits per heavy atom. The average Bonchev–Trinajstić information content (AvgIpc) is 3.53. The maximum absolute atomic E-state index is 6.42. The van der Waals surface area contributed by atoms with Gasteiger partial charge in [-0.05, 0) is 70.5 Å². The second-order valence-electron chi connectivity index (χ2n) is 11.7. The van der Waals surface area contributed by atoms with Gasteiger partial charge in [0.05, 0.1) is 0 Å². The van der Waals surface area contributed by atoms with Gasteiger partial charge in [-0.2, -0.15) is 0 Å². The molecule has 0 spiro atoms. The van der Waals surface area contributed by atoms with Crippen LogP contribution < -0.4 is 0 Å². The number of aromatic nitrogens is 3. The molecule has 0 unspecified atom stereocenters.